The first kappa shape index (κ1) is 22.8. The molecule has 1 saturated heterocycles. The van der Waals surface area contributed by atoms with Crippen LogP contribution < -0.4 is 4.90 Å². The zero-order chi connectivity index (χ0) is 23.5. The van der Waals surface area contributed by atoms with Gasteiger partial charge in [0, 0.05) is 37.7 Å². The molecule has 4 rings (SSSR count). The third-order valence-corrected chi connectivity index (χ3v) is 5.97. The van der Waals surface area contributed by atoms with Crippen molar-refractivity contribution < 1.29 is 13.6 Å². The average Bonchev–Trinajstić information content (AvgIpc) is 3.28. The zero-order valence-corrected chi connectivity index (χ0v) is 19.1. The highest BCUT2D eigenvalue weighted by Crippen LogP contribution is 2.28. The molecule has 0 spiro atoms. The maximum atomic E-state index is 13.9. The molecule has 3 aromatic rings. The smallest absolute Gasteiger partial charge is 0.225 e. The molecule has 2 aromatic carbocycles. The van der Waals surface area contributed by atoms with Gasteiger partial charge in [0.2, 0.25) is 5.91 Å². The summed E-state index contributed by atoms with van der Waals surface area (Å²) in [4.78, 5) is 26.0. The minimum atomic E-state index is -0.950. The summed E-state index contributed by atoms with van der Waals surface area (Å²) in [7, 11) is 0. The molecule has 0 bridgehead atoms. The Balaban J connectivity index is 1.71. The lowest BCUT2D eigenvalue weighted by Crippen LogP contribution is -2.44. The van der Waals surface area contributed by atoms with Crippen molar-refractivity contribution in [3.63, 3.8) is 0 Å². The standard InChI is InChI=1S/C26H28F2N4O/c1-4-32(26(33)17(2)3)19-12-13-31(16-19)25-22(11-10-18-8-6-5-7-9-18)29-23-14-20(27)21(28)15-24(23)30-25/h5-11,14-15,17,19H,4,12-13,16H2,1-3H3/b11-10+/t19-/m0/s1. The van der Waals surface area contributed by atoms with Crippen LogP contribution in [-0.2, 0) is 4.79 Å². The Morgan fingerprint density at radius 1 is 1.12 bits per heavy atom. The van der Waals surface area contributed by atoms with E-state index in [4.69, 9.17) is 0 Å². The van der Waals surface area contributed by atoms with Crippen LogP contribution in [0.1, 0.15) is 38.4 Å². The molecule has 1 fully saturated rings. The van der Waals surface area contributed by atoms with Crippen LogP contribution in [0.4, 0.5) is 14.6 Å². The number of fused-ring (bicyclic) bond motifs is 1. The van der Waals surface area contributed by atoms with Gasteiger partial charge in [-0.3, -0.25) is 4.79 Å². The van der Waals surface area contributed by atoms with E-state index >= 15 is 0 Å². The van der Waals surface area contributed by atoms with E-state index in [1.807, 2.05) is 68.2 Å². The minimum Gasteiger partial charge on any atom is -0.353 e. The van der Waals surface area contributed by atoms with Crippen LogP contribution in [0, 0.1) is 17.6 Å². The number of carbonyl (C=O) groups excluding carboxylic acids is 1. The van der Waals surface area contributed by atoms with Gasteiger partial charge in [-0.25, -0.2) is 18.7 Å². The predicted octanol–water partition coefficient (Wildman–Crippen LogP) is 5.16. The quantitative estimate of drug-likeness (QED) is 0.520. The number of nitrogens with zero attached hydrogens (tertiary/aromatic N) is 4. The molecule has 1 aliphatic rings. The Morgan fingerprint density at radius 2 is 1.79 bits per heavy atom. The second kappa shape index (κ2) is 9.65. The van der Waals surface area contributed by atoms with Crippen molar-refractivity contribution in [1.82, 2.24) is 14.9 Å². The minimum absolute atomic E-state index is 0.0679. The lowest BCUT2D eigenvalue weighted by molar-refractivity contribution is -0.136. The number of hydrogen-bond acceptors (Lipinski definition) is 4. The number of anilines is 1. The first-order chi connectivity index (χ1) is 15.9. The van der Waals surface area contributed by atoms with Crippen LogP contribution in [0.25, 0.3) is 23.2 Å². The van der Waals surface area contributed by atoms with Crippen molar-refractivity contribution >= 4 is 34.9 Å². The summed E-state index contributed by atoms with van der Waals surface area (Å²) in [5, 5.41) is 0. The van der Waals surface area contributed by atoms with E-state index < -0.39 is 11.6 Å². The molecule has 1 amide bonds. The van der Waals surface area contributed by atoms with E-state index in [0.717, 1.165) is 24.1 Å². The van der Waals surface area contributed by atoms with E-state index in [9.17, 15) is 13.6 Å². The molecule has 0 radical (unpaired) electrons. The zero-order valence-electron chi connectivity index (χ0n) is 19.1. The molecule has 5 nitrogen and oxygen atoms in total. The van der Waals surface area contributed by atoms with Gasteiger partial charge in [-0.2, -0.15) is 0 Å². The molecule has 1 aromatic heterocycles. The summed E-state index contributed by atoms with van der Waals surface area (Å²) in [6.07, 6.45) is 4.58. The van der Waals surface area contributed by atoms with Crippen LogP contribution in [0.3, 0.4) is 0 Å². The Labute approximate surface area is 192 Å². The van der Waals surface area contributed by atoms with Crippen molar-refractivity contribution in [2.45, 2.75) is 33.2 Å². The van der Waals surface area contributed by atoms with Gasteiger partial charge in [-0.1, -0.05) is 50.3 Å². The number of benzene rings is 2. The average molecular weight is 451 g/mol. The summed E-state index contributed by atoms with van der Waals surface area (Å²) in [5.74, 6) is -1.22. The van der Waals surface area contributed by atoms with Crippen LogP contribution >= 0.6 is 0 Å². The summed E-state index contributed by atoms with van der Waals surface area (Å²) < 4.78 is 27.7. The van der Waals surface area contributed by atoms with Crippen molar-refractivity contribution in [2.24, 2.45) is 5.92 Å². The van der Waals surface area contributed by atoms with Gasteiger partial charge < -0.3 is 9.80 Å². The molecule has 0 N–H and O–H groups in total. The van der Waals surface area contributed by atoms with Crippen molar-refractivity contribution in [3.05, 3.63) is 65.4 Å². The normalized spacial score (nSPS) is 16.3. The molecule has 7 heteroatoms. The highest BCUT2D eigenvalue weighted by molar-refractivity contribution is 5.82. The van der Waals surface area contributed by atoms with E-state index in [2.05, 4.69) is 14.9 Å². The van der Waals surface area contributed by atoms with Gasteiger partial charge in [0.05, 0.1) is 17.1 Å². The van der Waals surface area contributed by atoms with Crippen molar-refractivity contribution in [2.75, 3.05) is 24.5 Å². The SMILES string of the molecule is CCN(C(=O)C(C)C)[C@H]1CCN(c2nc3cc(F)c(F)cc3nc2/C=C/c2ccccc2)C1. The maximum absolute atomic E-state index is 13.9. The first-order valence-corrected chi connectivity index (χ1v) is 11.3. The lowest BCUT2D eigenvalue weighted by Gasteiger charge is -2.29. The number of amides is 1. The fourth-order valence-electron chi connectivity index (χ4n) is 4.25. The third-order valence-electron chi connectivity index (χ3n) is 5.97. The number of hydrogen-bond donors (Lipinski definition) is 0. The highest BCUT2D eigenvalue weighted by Gasteiger charge is 2.32. The lowest BCUT2D eigenvalue weighted by atomic mass is 10.1. The molecule has 33 heavy (non-hydrogen) atoms. The van der Waals surface area contributed by atoms with Crippen molar-refractivity contribution in [3.8, 4) is 0 Å². The van der Waals surface area contributed by atoms with E-state index in [-0.39, 0.29) is 17.9 Å². The van der Waals surface area contributed by atoms with Crippen LogP contribution in [0.15, 0.2) is 42.5 Å². The number of halogens is 2. The summed E-state index contributed by atoms with van der Waals surface area (Å²) in [5.41, 5.74) is 2.17. The summed E-state index contributed by atoms with van der Waals surface area (Å²) in [6.45, 7) is 7.76. The number of carbonyl (C=O) groups is 1. The largest absolute Gasteiger partial charge is 0.353 e. The fourth-order valence-corrected chi connectivity index (χ4v) is 4.25. The Hall–Kier alpha value is -3.35. The monoisotopic (exact) mass is 450 g/mol. The van der Waals surface area contributed by atoms with Crippen molar-refractivity contribution in [1.29, 1.82) is 0 Å². The van der Waals surface area contributed by atoms with Crippen LogP contribution in [0.5, 0.6) is 0 Å². The Kier molecular flexibility index (Phi) is 6.67. The third kappa shape index (κ3) is 4.87. The second-order valence-electron chi connectivity index (χ2n) is 8.60. The molecule has 2 heterocycles. The summed E-state index contributed by atoms with van der Waals surface area (Å²) >= 11 is 0. The van der Waals surface area contributed by atoms with E-state index in [0.29, 0.717) is 42.2 Å². The topological polar surface area (TPSA) is 49.3 Å². The maximum Gasteiger partial charge on any atom is 0.225 e. The van der Waals surface area contributed by atoms with Gasteiger partial charge in [0.1, 0.15) is 5.69 Å². The molecule has 1 atom stereocenters. The van der Waals surface area contributed by atoms with E-state index in [1.165, 1.54) is 0 Å². The van der Waals surface area contributed by atoms with Crippen LogP contribution in [-0.4, -0.2) is 46.5 Å². The van der Waals surface area contributed by atoms with Crippen LogP contribution in [0.2, 0.25) is 0 Å². The molecular formula is C26H28F2N4O. The second-order valence-corrected chi connectivity index (χ2v) is 8.60. The number of likely N-dealkylation sites (N-methyl/N-ethyl adjacent to an activating group) is 1. The molecular weight excluding hydrogens is 422 g/mol. The van der Waals surface area contributed by atoms with Gasteiger partial charge in [-0.15, -0.1) is 0 Å². The molecule has 172 valence electrons. The molecule has 1 aliphatic heterocycles. The predicted molar refractivity (Wildman–Crippen MR) is 128 cm³/mol. The fraction of sp³-hybridized carbons (Fsp3) is 0.346. The molecule has 0 unspecified atom stereocenters. The van der Waals surface area contributed by atoms with Gasteiger partial charge >= 0.3 is 0 Å². The van der Waals surface area contributed by atoms with Gasteiger partial charge in [0.15, 0.2) is 17.5 Å². The molecule has 0 aliphatic carbocycles. The van der Waals surface area contributed by atoms with E-state index in [1.54, 1.807) is 0 Å². The number of aromatic nitrogens is 2. The highest BCUT2D eigenvalue weighted by atomic mass is 19.2. The van der Waals surface area contributed by atoms with Gasteiger partial charge in [-0.05, 0) is 25.0 Å². The number of rotatable bonds is 6. The first-order valence-electron chi connectivity index (χ1n) is 11.3. The Morgan fingerprint density at radius 3 is 2.42 bits per heavy atom. The Bertz CT molecular complexity index is 1180. The van der Waals surface area contributed by atoms with Gasteiger partial charge in [0.25, 0.3) is 0 Å². The summed E-state index contributed by atoms with van der Waals surface area (Å²) in [6, 6.07) is 12.0. The molecule has 0 saturated carbocycles.